The predicted molar refractivity (Wildman–Crippen MR) is 95.3 cm³/mol. The summed E-state index contributed by atoms with van der Waals surface area (Å²) in [5.41, 5.74) is 4.00. The first kappa shape index (κ1) is 15.0. The highest BCUT2D eigenvalue weighted by Gasteiger charge is 2.25. The van der Waals surface area contributed by atoms with Crippen LogP contribution in [-0.4, -0.2) is 21.4 Å². The normalized spacial score (nSPS) is 17.8. The summed E-state index contributed by atoms with van der Waals surface area (Å²) >= 11 is 0. The van der Waals surface area contributed by atoms with E-state index in [1.54, 1.807) is 6.07 Å². The van der Waals surface area contributed by atoms with Crippen molar-refractivity contribution in [1.82, 2.24) is 15.1 Å². The third kappa shape index (κ3) is 2.69. The third-order valence-corrected chi connectivity index (χ3v) is 4.64. The quantitative estimate of drug-likeness (QED) is 0.765. The molecule has 24 heavy (non-hydrogen) atoms. The van der Waals surface area contributed by atoms with Crippen LogP contribution in [0.3, 0.4) is 0 Å². The second-order valence-corrected chi connectivity index (χ2v) is 6.21. The van der Waals surface area contributed by atoms with Crippen molar-refractivity contribution in [2.24, 2.45) is 0 Å². The van der Waals surface area contributed by atoms with Crippen LogP contribution in [0, 0.1) is 0 Å². The molecule has 0 radical (unpaired) electrons. The highest BCUT2D eigenvalue weighted by atomic mass is 16.3. The second-order valence-electron chi connectivity index (χ2n) is 6.21. The summed E-state index contributed by atoms with van der Waals surface area (Å²) in [5.74, 6) is 0.294. The maximum atomic E-state index is 10.3. The average Bonchev–Trinajstić information content (AvgIpc) is 3.08. The number of piperidine rings is 1. The number of aromatic nitrogens is 2. The molecule has 0 saturated carbocycles. The summed E-state index contributed by atoms with van der Waals surface area (Å²) in [4.78, 5) is 0. The largest absolute Gasteiger partial charge is 0.507 e. The molecule has 0 bridgehead atoms. The number of aromatic hydroxyl groups is 1. The number of hydrogen-bond acceptors (Lipinski definition) is 3. The smallest absolute Gasteiger partial charge is 0.123 e. The molecule has 3 aromatic rings. The number of benzene rings is 2. The van der Waals surface area contributed by atoms with Crippen LogP contribution in [0.15, 0.2) is 60.8 Å². The molecular formula is C20H21N3O. The van der Waals surface area contributed by atoms with E-state index in [2.05, 4.69) is 22.5 Å². The fourth-order valence-corrected chi connectivity index (χ4v) is 3.46. The van der Waals surface area contributed by atoms with E-state index < -0.39 is 0 Å². The van der Waals surface area contributed by atoms with Gasteiger partial charge in [-0.1, -0.05) is 42.8 Å². The molecule has 122 valence electrons. The summed E-state index contributed by atoms with van der Waals surface area (Å²) in [6.45, 7) is 1.02. The Labute approximate surface area is 141 Å². The van der Waals surface area contributed by atoms with Crippen LogP contribution in [0.5, 0.6) is 5.75 Å². The van der Waals surface area contributed by atoms with Crippen LogP contribution in [0.2, 0.25) is 0 Å². The van der Waals surface area contributed by atoms with Crippen LogP contribution < -0.4 is 5.32 Å². The fraction of sp³-hybridized carbons (Fsp3) is 0.250. The molecule has 0 aliphatic carbocycles. The Balaban J connectivity index is 1.88. The van der Waals surface area contributed by atoms with E-state index in [9.17, 15) is 5.11 Å². The number of nitrogens with zero attached hydrogens (tertiary/aromatic N) is 2. The Kier molecular flexibility index (Phi) is 4.05. The standard InChI is InChI=1S/C20H21N3O/c24-19-12-5-4-10-16(19)17-14-22-23(15-8-2-1-3-9-15)20(17)18-11-6-7-13-21-18/h1-5,8-10,12,14,18,21,24H,6-7,11,13H2. The Morgan fingerprint density at radius 1 is 0.958 bits per heavy atom. The van der Waals surface area contributed by atoms with Crippen molar-refractivity contribution >= 4 is 0 Å². The molecule has 1 aromatic heterocycles. The number of rotatable bonds is 3. The molecule has 2 aromatic carbocycles. The van der Waals surface area contributed by atoms with E-state index in [4.69, 9.17) is 0 Å². The van der Waals surface area contributed by atoms with Crippen molar-refractivity contribution < 1.29 is 5.11 Å². The number of phenolic OH excluding ortho intramolecular Hbond substituents is 1. The van der Waals surface area contributed by atoms with E-state index in [-0.39, 0.29) is 6.04 Å². The van der Waals surface area contributed by atoms with Crippen molar-refractivity contribution in [2.45, 2.75) is 25.3 Å². The molecule has 4 rings (SSSR count). The zero-order valence-electron chi connectivity index (χ0n) is 13.5. The zero-order chi connectivity index (χ0) is 16.4. The lowest BCUT2D eigenvalue weighted by Gasteiger charge is -2.26. The van der Waals surface area contributed by atoms with Gasteiger partial charge < -0.3 is 10.4 Å². The van der Waals surface area contributed by atoms with Gasteiger partial charge in [-0.2, -0.15) is 5.10 Å². The molecule has 4 nitrogen and oxygen atoms in total. The minimum absolute atomic E-state index is 0.246. The number of nitrogens with one attached hydrogen (secondary N) is 1. The average molecular weight is 319 g/mol. The van der Waals surface area contributed by atoms with Gasteiger partial charge in [0.15, 0.2) is 0 Å². The van der Waals surface area contributed by atoms with E-state index in [0.29, 0.717) is 5.75 Å². The van der Waals surface area contributed by atoms with Crippen molar-refractivity contribution in [3.8, 4) is 22.6 Å². The molecule has 2 N–H and O–H groups in total. The monoisotopic (exact) mass is 319 g/mol. The van der Waals surface area contributed by atoms with Crippen LogP contribution in [-0.2, 0) is 0 Å². The van der Waals surface area contributed by atoms with E-state index in [0.717, 1.165) is 35.5 Å². The van der Waals surface area contributed by atoms with Gasteiger partial charge in [0.1, 0.15) is 5.75 Å². The lowest BCUT2D eigenvalue weighted by molar-refractivity contribution is 0.399. The first-order valence-corrected chi connectivity index (χ1v) is 8.49. The SMILES string of the molecule is Oc1ccccc1-c1cnn(-c2ccccc2)c1C1CCCCN1. The Morgan fingerprint density at radius 2 is 1.75 bits per heavy atom. The highest BCUT2D eigenvalue weighted by molar-refractivity contribution is 5.72. The zero-order valence-corrected chi connectivity index (χ0v) is 13.5. The summed E-state index contributed by atoms with van der Waals surface area (Å²) in [7, 11) is 0. The Morgan fingerprint density at radius 3 is 2.50 bits per heavy atom. The first-order valence-electron chi connectivity index (χ1n) is 8.49. The lowest BCUT2D eigenvalue weighted by atomic mass is 9.95. The Hall–Kier alpha value is -2.59. The van der Waals surface area contributed by atoms with Crippen LogP contribution in [0.4, 0.5) is 0 Å². The fourth-order valence-electron chi connectivity index (χ4n) is 3.46. The molecule has 1 saturated heterocycles. The number of para-hydroxylation sites is 2. The highest BCUT2D eigenvalue weighted by Crippen LogP contribution is 2.37. The maximum Gasteiger partial charge on any atom is 0.123 e. The summed E-state index contributed by atoms with van der Waals surface area (Å²) in [6, 6.07) is 17.9. The molecule has 0 spiro atoms. The van der Waals surface area contributed by atoms with Crippen molar-refractivity contribution in [1.29, 1.82) is 0 Å². The summed E-state index contributed by atoms with van der Waals surface area (Å²) in [6.07, 6.45) is 5.37. The predicted octanol–water partition coefficient (Wildman–Crippen LogP) is 4.06. The van der Waals surface area contributed by atoms with Gasteiger partial charge in [0, 0.05) is 11.1 Å². The van der Waals surface area contributed by atoms with Gasteiger partial charge in [0.2, 0.25) is 0 Å². The topological polar surface area (TPSA) is 50.1 Å². The van der Waals surface area contributed by atoms with Gasteiger partial charge in [-0.15, -0.1) is 0 Å². The molecular weight excluding hydrogens is 298 g/mol. The van der Waals surface area contributed by atoms with E-state index in [1.165, 1.54) is 12.8 Å². The molecule has 4 heteroatoms. The minimum Gasteiger partial charge on any atom is -0.507 e. The van der Waals surface area contributed by atoms with E-state index >= 15 is 0 Å². The van der Waals surface area contributed by atoms with Crippen LogP contribution >= 0.6 is 0 Å². The maximum absolute atomic E-state index is 10.3. The van der Waals surface area contributed by atoms with Gasteiger partial charge >= 0.3 is 0 Å². The summed E-state index contributed by atoms with van der Waals surface area (Å²) < 4.78 is 2.00. The molecule has 1 fully saturated rings. The summed E-state index contributed by atoms with van der Waals surface area (Å²) in [5, 5.41) is 18.6. The van der Waals surface area contributed by atoms with Crippen molar-refractivity contribution in [3.05, 3.63) is 66.5 Å². The number of hydrogen-bond donors (Lipinski definition) is 2. The van der Waals surface area contributed by atoms with Gasteiger partial charge in [0.05, 0.1) is 23.6 Å². The van der Waals surface area contributed by atoms with E-state index in [1.807, 2.05) is 47.3 Å². The number of phenols is 1. The molecule has 0 amide bonds. The minimum atomic E-state index is 0.246. The molecule has 1 aliphatic rings. The Bertz CT molecular complexity index is 820. The van der Waals surface area contributed by atoms with Gasteiger partial charge in [0.25, 0.3) is 0 Å². The van der Waals surface area contributed by atoms with Crippen molar-refractivity contribution in [2.75, 3.05) is 6.54 Å². The first-order chi connectivity index (χ1) is 11.8. The second kappa shape index (κ2) is 6.49. The molecule has 1 aliphatic heterocycles. The lowest BCUT2D eigenvalue weighted by Crippen LogP contribution is -2.29. The van der Waals surface area contributed by atoms with Gasteiger partial charge in [-0.05, 0) is 37.6 Å². The van der Waals surface area contributed by atoms with Crippen LogP contribution in [0.1, 0.15) is 31.0 Å². The van der Waals surface area contributed by atoms with Crippen molar-refractivity contribution in [3.63, 3.8) is 0 Å². The van der Waals surface area contributed by atoms with Gasteiger partial charge in [-0.25, -0.2) is 4.68 Å². The molecule has 1 atom stereocenters. The molecule has 2 heterocycles. The molecule has 1 unspecified atom stereocenters. The third-order valence-electron chi connectivity index (χ3n) is 4.64. The van der Waals surface area contributed by atoms with Crippen LogP contribution in [0.25, 0.3) is 16.8 Å². The van der Waals surface area contributed by atoms with Gasteiger partial charge in [-0.3, -0.25) is 0 Å².